The fraction of sp³-hybridized carbons (Fsp3) is 0.273. The lowest BCUT2D eigenvalue weighted by Crippen LogP contribution is -1.95. The van der Waals surface area contributed by atoms with E-state index in [1.165, 1.54) is 6.07 Å². The van der Waals surface area contributed by atoms with Crippen LogP contribution in [0.3, 0.4) is 0 Å². The van der Waals surface area contributed by atoms with Crippen LogP contribution in [0, 0.1) is 17.1 Å². The summed E-state index contributed by atoms with van der Waals surface area (Å²) in [7, 11) is 0. The predicted octanol–water partition coefficient (Wildman–Crippen LogP) is 2.38. The van der Waals surface area contributed by atoms with Gasteiger partial charge in [0.25, 0.3) is 0 Å². The molecule has 1 aliphatic carbocycles. The van der Waals surface area contributed by atoms with Gasteiger partial charge in [-0.3, -0.25) is 0 Å². The zero-order chi connectivity index (χ0) is 10.4. The topological polar surface area (TPSA) is 41.6 Å². The molecule has 0 N–H and O–H groups in total. The Morgan fingerprint density at radius 1 is 1.47 bits per heavy atom. The molecule has 1 fully saturated rings. The molecule has 1 heterocycles. The van der Waals surface area contributed by atoms with E-state index in [2.05, 4.69) is 4.98 Å². The van der Waals surface area contributed by atoms with Gasteiger partial charge in [0.1, 0.15) is 17.4 Å². The van der Waals surface area contributed by atoms with Gasteiger partial charge >= 0.3 is 0 Å². The van der Waals surface area contributed by atoms with Crippen molar-refractivity contribution in [3.8, 4) is 6.07 Å². The van der Waals surface area contributed by atoms with Crippen LogP contribution < -0.4 is 0 Å². The Kier molecular flexibility index (Phi) is 1.57. The predicted molar refractivity (Wildman–Crippen MR) is 52.7 cm³/mol. The summed E-state index contributed by atoms with van der Waals surface area (Å²) in [6.45, 7) is 0. The van der Waals surface area contributed by atoms with E-state index in [1.807, 2.05) is 10.6 Å². The maximum atomic E-state index is 13.4. The molecule has 0 radical (unpaired) electrons. The molecule has 3 nitrogen and oxygen atoms in total. The molecule has 0 unspecified atom stereocenters. The number of hydrogen-bond donors (Lipinski definition) is 0. The summed E-state index contributed by atoms with van der Waals surface area (Å²) in [6.07, 6.45) is 3.88. The molecule has 0 bridgehead atoms. The first-order valence-electron chi connectivity index (χ1n) is 4.86. The maximum absolute atomic E-state index is 13.4. The van der Waals surface area contributed by atoms with Crippen molar-refractivity contribution >= 4 is 11.0 Å². The van der Waals surface area contributed by atoms with E-state index < -0.39 is 5.82 Å². The lowest BCUT2D eigenvalue weighted by Gasteiger charge is -2.02. The van der Waals surface area contributed by atoms with Crippen LogP contribution in [0.5, 0.6) is 0 Å². The molecule has 1 aromatic carbocycles. The van der Waals surface area contributed by atoms with Crippen LogP contribution in [-0.4, -0.2) is 9.55 Å². The van der Waals surface area contributed by atoms with E-state index in [0.29, 0.717) is 17.1 Å². The second-order valence-corrected chi connectivity index (χ2v) is 3.78. The van der Waals surface area contributed by atoms with E-state index in [9.17, 15) is 4.39 Å². The number of nitrogens with zero attached hydrogens (tertiary/aromatic N) is 3. The van der Waals surface area contributed by atoms with Crippen molar-refractivity contribution in [2.24, 2.45) is 0 Å². The molecule has 3 rings (SSSR count). The number of rotatable bonds is 1. The summed E-state index contributed by atoms with van der Waals surface area (Å²) in [5, 5.41) is 8.93. The third-order valence-electron chi connectivity index (χ3n) is 2.74. The third kappa shape index (κ3) is 1.13. The molecule has 1 aromatic heterocycles. The van der Waals surface area contributed by atoms with Crippen molar-refractivity contribution in [1.29, 1.82) is 5.26 Å². The lowest BCUT2D eigenvalue weighted by atomic mass is 10.2. The summed E-state index contributed by atoms with van der Waals surface area (Å²) in [5.74, 6) is -0.465. The minimum atomic E-state index is -0.465. The monoisotopic (exact) mass is 201 g/mol. The van der Waals surface area contributed by atoms with Crippen LogP contribution in [0.1, 0.15) is 24.4 Å². The summed E-state index contributed by atoms with van der Waals surface area (Å²) < 4.78 is 15.3. The number of imidazole rings is 1. The van der Waals surface area contributed by atoms with Gasteiger partial charge in [-0.1, -0.05) is 0 Å². The minimum absolute atomic E-state index is 0.108. The zero-order valence-electron chi connectivity index (χ0n) is 7.94. The Labute approximate surface area is 85.8 Å². The number of benzene rings is 1. The highest BCUT2D eigenvalue weighted by Gasteiger charge is 2.26. The first-order valence-corrected chi connectivity index (χ1v) is 4.86. The Bertz CT molecular complexity index is 575. The average Bonchev–Trinajstić information content (AvgIpc) is 2.99. The Balaban J connectivity index is 2.39. The summed E-state index contributed by atoms with van der Waals surface area (Å²) in [6, 6.07) is 5.23. The largest absolute Gasteiger partial charge is 0.326 e. The van der Waals surface area contributed by atoms with E-state index in [1.54, 1.807) is 12.4 Å². The van der Waals surface area contributed by atoms with Gasteiger partial charge in [-0.05, 0) is 25.0 Å². The van der Waals surface area contributed by atoms with Crippen molar-refractivity contribution in [2.75, 3.05) is 0 Å². The number of halogens is 1. The van der Waals surface area contributed by atoms with E-state index in [0.717, 1.165) is 12.8 Å². The highest BCUT2D eigenvalue weighted by atomic mass is 19.1. The summed E-state index contributed by atoms with van der Waals surface area (Å²) >= 11 is 0. The number of hydrogen-bond acceptors (Lipinski definition) is 2. The molecule has 15 heavy (non-hydrogen) atoms. The molecule has 0 atom stereocenters. The molecule has 0 aliphatic heterocycles. The lowest BCUT2D eigenvalue weighted by molar-refractivity contribution is 0.624. The van der Waals surface area contributed by atoms with Crippen molar-refractivity contribution in [3.05, 3.63) is 29.8 Å². The summed E-state index contributed by atoms with van der Waals surface area (Å²) in [4.78, 5) is 4.17. The van der Waals surface area contributed by atoms with Gasteiger partial charge in [-0.15, -0.1) is 0 Å². The Morgan fingerprint density at radius 2 is 2.27 bits per heavy atom. The quantitative estimate of drug-likeness (QED) is 0.710. The molecule has 1 aliphatic rings. The van der Waals surface area contributed by atoms with Crippen molar-refractivity contribution in [3.63, 3.8) is 0 Å². The normalized spacial score (nSPS) is 15.5. The van der Waals surface area contributed by atoms with Gasteiger partial charge in [-0.25, -0.2) is 9.37 Å². The molecule has 1 saturated carbocycles. The van der Waals surface area contributed by atoms with Gasteiger partial charge in [-0.2, -0.15) is 5.26 Å². The summed E-state index contributed by atoms with van der Waals surface area (Å²) in [5.41, 5.74) is 1.44. The molecule has 74 valence electrons. The van der Waals surface area contributed by atoms with Gasteiger partial charge in [0.15, 0.2) is 0 Å². The first-order chi connectivity index (χ1) is 7.31. The van der Waals surface area contributed by atoms with Crippen LogP contribution in [0.2, 0.25) is 0 Å². The minimum Gasteiger partial charge on any atom is -0.326 e. The maximum Gasteiger partial charge on any atom is 0.143 e. The highest BCUT2D eigenvalue weighted by molar-refractivity contribution is 5.82. The fourth-order valence-electron chi connectivity index (χ4n) is 1.84. The van der Waals surface area contributed by atoms with Crippen LogP contribution in [0.15, 0.2) is 18.5 Å². The Hall–Kier alpha value is -1.89. The zero-order valence-corrected chi connectivity index (χ0v) is 7.94. The third-order valence-corrected chi connectivity index (χ3v) is 2.74. The van der Waals surface area contributed by atoms with Crippen molar-refractivity contribution in [1.82, 2.24) is 9.55 Å². The van der Waals surface area contributed by atoms with Gasteiger partial charge in [0, 0.05) is 6.04 Å². The van der Waals surface area contributed by atoms with E-state index in [-0.39, 0.29) is 5.56 Å². The van der Waals surface area contributed by atoms with Crippen LogP contribution in [0.4, 0.5) is 4.39 Å². The second kappa shape index (κ2) is 2.80. The molecule has 0 saturated heterocycles. The van der Waals surface area contributed by atoms with Crippen molar-refractivity contribution in [2.45, 2.75) is 18.9 Å². The van der Waals surface area contributed by atoms with Crippen LogP contribution >= 0.6 is 0 Å². The molecular weight excluding hydrogens is 193 g/mol. The van der Waals surface area contributed by atoms with E-state index in [4.69, 9.17) is 5.26 Å². The Morgan fingerprint density at radius 3 is 2.93 bits per heavy atom. The number of nitriles is 1. The van der Waals surface area contributed by atoms with Gasteiger partial charge in [0.05, 0.1) is 17.4 Å². The second-order valence-electron chi connectivity index (χ2n) is 3.78. The molecular formula is C11H8FN3. The van der Waals surface area contributed by atoms with Gasteiger partial charge < -0.3 is 4.57 Å². The average molecular weight is 201 g/mol. The molecule has 0 amide bonds. The van der Waals surface area contributed by atoms with Gasteiger partial charge in [0.2, 0.25) is 0 Å². The van der Waals surface area contributed by atoms with Crippen LogP contribution in [0.25, 0.3) is 11.0 Å². The molecule has 0 spiro atoms. The first kappa shape index (κ1) is 8.42. The fourth-order valence-corrected chi connectivity index (χ4v) is 1.84. The van der Waals surface area contributed by atoms with Crippen molar-refractivity contribution < 1.29 is 4.39 Å². The smallest absolute Gasteiger partial charge is 0.143 e. The highest BCUT2D eigenvalue weighted by Crippen LogP contribution is 2.38. The van der Waals surface area contributed by atoms with Crippen LogP contribution in [-0.2, 0) is 0 Å². The SMILES string of the molecule is N#Cc1c(F)ccc2ncn(C3CC3)c12. The van der Waals surface area contributed by atoms with E-state index >= 15 is 0 Å². The number of fused-ring (bicyclic) bond motifs is 1. The molecule has 2 aromatic rings. The molecule has 4 heteroatoms. The number of aromatic nitrogens is 2. The standard InChI is InChI=1S/C11H8FN3/c12-9-3-4-10-11(8(9)5-13)15(6-14-10)7-1-2-7/h3-4,6-7H,1-2H2.